The van der Waals surface area contributed by atoms with Crippen LogP contribution in [0.25, 0.3) is 10.8 Å². The Kier molecular flexibility index (Phi) is 3.58. The average molecular weight is 318 g/mol. The Morgan fingerprint density at radius 1 is 0.875 bits per heavy atom. The number of rotatable bonds is 5. The number of Topliss-reactive ketones (excluding diaryl/α,β-unsaturated/α-hetero) is 1. The van der Waals surface area contributed by atoms with Crippen LogP contribution in [0.2, 0.25) is 0 Å². The van der Waals surface area contributed by atoms with E-state index in [2.05, 4.69) is 0 Å². The zero-order chi connectivity index (χ0) is 16.6. The zero-order valence-electron chi connectivity index (χ0n) is 13.5. The number of hydrogen-bond donors (Lipinski definition) is 0. The third-order valence-electron chi connectivity index (χ3n) is 4.72. The number of ketones is 1. The summed E-state index contributed by atoms with van der Waals surface area (Å²) in [5, 5.41) is 2.11. The van der Waals surface area contributed by atoms with Crippen molar-refractivity contribution in [2.45, 2.75) is 5.41 Å². The first kappa shape index (κ1) is 14.9. The van der Waals surface area contributed by atoms with Crippen molar-refractivity contribution in [2.24, 2.45) is 0 Å². The van der Waals surface area contributed by atoms with Crippen LogP contribution < -0.4 is 4.74 Å². The SMILES string of the molecule is COCC1(COc2ccccc2)C(=O)c2cccc3cccc1c23. The molecule has 1 aliphatic rings. The first-order valence-electron chi connectivity index (χ1n) is 8.00. The lowest BCUT2D eigenvalue weighted by Gasteiger charge is -2.28. The van der Waals surface area contributed by atoms with Crippen molar-refractivity contribution in [3.8, 4) is 5.75 Å². The van der Waals surface area contributed by atoms with Crippen molar-refractivity contribution < 1.29 is 14.3 Å². The smallest absolute Gasteiger partial charge is 0.179 e. The molecule has 1 aliphatic carbocycles. The summed E-state index contributed by atoms with van der Waals surface area (Å²) in [5.41, 5.74) is 0.962. The fraction of sp³-hybridized carbons (Fsp3) is 0.190. The predicted octanol–water partition coefficient (Wildman–Crippen LogP) is 4.00. The van der Waals surface area contributed by atoms with Crippen LogP contribution in [0.1, 0.15) is 15.9 Å². The Labute approximate surface area is 140 Å². The molecule has 0 aromatic heterocycles. The number of hydrogen-bond acceptors (Lipinski definition) is 3. The molecule has 24 heavy (non-hydrogen) atoms. The predicted molar refractivity (Wildman–Crippen MR) is 93.8 cm³/mol. The molecule has 0 aliphatic heterocycles. The van der Waals surface area contributed by atoms with E-state index in [4.69, 9.17) is 9.47 Å². The van der Waals surface area contributed by atoms with Gasteiger partial charge in [-0.1, -0.05) is 54.6 Å². The first-order valence-corrected chi connectivity index (χ1v) is 8.00. The maximum Gasteiger partial charge on any atom is 0.179 e. The maximum atomic E-state index is 13.3. The molecule has 0 radical (unpaired) electrons. The Bertz CT molecular complexity index is 896. The van der Waals surface area contributed by atoms with Crippen LogP contribution in [0.4, 0.5) is 0 Å². The van der Waals surface area contributed by atoms with E-state index in [1.165, 1.54) is 0 Å². The van der Waals surface area contributed by atoms with Crippen LogP contribution in [0, 0.1) is 0 Å². The molecule has 0 saturated carbocycles. The largest absolute Gasteiger partial charge is 0.492 e. The highest BCUT2D eigenvalue weighted by Crippen LogP contribution is 2.43. The molecule has 0 heterocycles. The lowest BCUT2D eigenvalue weighted by atomic mass is 9.81. The highest BCUT2D eigenvalue weighted by Gasteiger charge is 2.48. The van der Waals surface area contributed by atoms with E-state index in [0.29, 0.717) is 6.61 Å². The van der Waals surface area contributed by atoms with Gasteiger partial charge in [0.2, 0.25) is 0 Å². The summed E-state index contributed by atoms with van der Waals surface area (Å²) < 4.78 is 11.4. The molecule has 1 unspecified atom stereocenters. The maximum absolute atomic E-state index is 13.3. The van der Waals surface area contributed by atoms with E-state index in [1.807, 2.05) is 66.7 Å². The fourth-order valence-corrected chi connectivity index (χ4v) is 3.61. The molecular weight excluding hydrogens is 300 g/mol. The summed E-state index contributed by atoms with van der Waals surface area (Å²) in [6, 6.07) is 21.5. The Balaban J connectivity index is 1.81. The van der Waals surface area contributed by atoms with Crippen LogP contribution in [-0.2, 0) is 10.2 Å². The molecule has 0 spiro atoms. The summed E-state index contributed by atoms with van der Waals surface area (Å²) in [6.07, 6.45) is 0. The lowest BCUT2D eigenvalue weighted by molar-refractivity contribution is 0.0622. The minimum Gasteiger partial charge on any atom is -0.492 e. The third-order valence-corrected chi connectivity index (χ3v) is 4.72. The first-order chi connectivity index (χ1) is 11.8. The average Bonchev–Trinajstić information content (AvgIpc) is 2.87. The second-order valence-electron chi connectivity index (χ2n) is 6.16. The molecule has 0 amide bonds. The van der Waals surface area contributed by atoms with Gasteiger partial charge in [-0.25, -0.2) is 0 Å². The Morgan fingerprint density at radius 2 is 1.62 bits per heavy atom. The van der Waals surface area contributed by atoms with E-state index in [0.717, 1.165) is 27.6 Å². The van der Waals surface area contributed by atoms with Gasteiger partial charge >= 0.3 is 0 Å². The van der Waals surface area contributed by atoms with Gasteiger partial charge in [0.1, 0.15) is 17.8 Å². The van der Waals surface area contributed by atoms with Gasteiger partial charge in [-0.05, 0) is 28.5 Å². The van der Waals surface area contributed by atoms with Gasteiger partial charge in [0.25, 0.3) is 0 Å². The van der Waals surface area contributed by atoms with Gasteiger partial charge in [0.05, 0.1) is 6.61 Å². The molecule has 120 valence electrons. The minimum atomic E-state index is -0.798. The zero-order valence-corrected chi connectivity index (χ0v) is 13.5. The van der Waals surface area contributed by atoms with Crippen molar-refractivity contribution in [3.63, 3.8) is 0 Å². The molecule has 3 aromatic rings. The normalized spacial score (nSPS) is 19.0. The Morgan fingerprint density at radius 3 is 2.38 bits per heavy atom. The lowest BCUT2D eigenvalue weighted by Crippen LogP contribution is -2.42. The molecule has 3 nitrogen and oxygen atoms in total. The number of benzene rings is 3. The number of carbonyl (C=O) groups excluding carboxylic acids is 1. The van der Waals surface area contributed by atoms with Crippen molar-refractivity contribution >= 4 is 16.6 Å². The molecule has 3 heteroatoms. The monoisotopic (exact) mass is 318 g/mol. The number of methoxy groups -OCH3 is 1. The summed E-state index contributed by atoms with van der Waals surface area (Å²) in [5.74, 6) is 0.830. The van der Waals surface area contributed by atoms with Gasteiger partial charge in [0.15, 0.2) is 5.78 Å². The van der Waals surface area contributed by atoms with Crippen LogP contribution in [0.3, 0.4) is 0 Å². The summed E-state index contributed by atoms with van der Waals surface area (Å²) in [7, 11) is 1.63. The number of carbonyl (C=O) groups is 1. The highest BCUT2D eigenvalue weighted by atomic mass is 16.5. The van der Waals surface area contributed by atoms with E-state index >= 15 is 0 Å². The van der Waals surface area contributed by atoms with Gasteiger partial charge in [-0.15, -0.1) is 0 Å². The molecule has 0 bridgehead atoms. The molecular formula is C21H18O3. The van der Waals surface area contributed by atoms with Gasteiger partial charge in [-0.2, -0.15) is 0 Å². The molecule has 1 atom stereocenters. The second kappa shape index (κ2) is 5.77. The minimum absolute atomic E-state index is 0.0760. The van der Waals surface area contributed by atoms with Crippen molar-refractivity contribution in [1.82, 2.24) is 0 Å². The Hall–Kier alpha value is -2.65. The van der Waals surface area contributed by atoms with Crippen LogP contribution >= 0.6 is 0 Å². The van der Waals surface area contributed by atoms with Gasteiger partial charge in [-0.3, -0.25) is 4.79 Å². The molecule has 0 fully saturated rings. The van der Waals surface area contributed by atoms with Crippen molar-refractivity contribution in [1.29, 1.82) is 0 Å². The van der Waals surface area contributed by atoms with E-state index < -0.39 is 5.41 Å². The third kappa shape index (κ3) is 2.13. The standard InChI is InChI=1S/C21H18O3/c1-23-13-21(14-24-16-9-3-2-4-10-16)18-12-6-8-15-7-5-11-17(19(15)18)20(21)22/h2-12H,13-14H2,1H3. The van der Waals surface area contributed by atoms with E-state index in [1.54, 1.807) is 7.11 Å². The van der Waals surface area contributed by atoms with Gasteiger partial charge < -0.3 is 9.47 Å². The fourth-order valence-electron chi connectivity index (χ4n) is 3.61. The number of para-hydroxylation sites is 1. The molecule has 0 N–H and O–H groups in total. The van der Waals surface area contributed by atoms with E-state index in [-0.39, 0.29) is 12.4 Å². The quantitative estimate of drug-likeness (QED) is 0.713. The second-order valence-corrected chi connectivity index (χ2v) is 6.16. The molecule has 4 rings (SSSR count). The highest BCUT2D eigenvalue weighted by molar-refractivity contribution is 6.20. The van der Waals surface area contributed by atoms with Gasteiger partial charge in [0, 0.05) is 12.7 Å². The van der Waals surface area contributed by atoms with Crippen molar-refractivity contribution in [2.75, 3.05) is 20.3 Å². The summed E-state index contributed by atoms with van der Waals surface area (Å²) >= 11 is 0. The van der Waals surface area contributed by atoms with Crippen LogP contribution in [-0.4, -0.2) is 26.1 Å². The molecule has 0 saturated heterocycles. The number of ether oxygens (including phenoxy) is 2. The van der Waals surface area contributed by atoms with E-state index in [9.17, 15) is 4.79 Å². The molecule has 3 aromatic carbocycles. The van der Waals surface area contributed by atoms with Crippen LogP contribution in [0.5, 0.6) is 5.75 Å². The summed E-state index contributed by atoms with van der Waals surface area (Å²) in [4.78, 5) is 13.3. The topological polar surface area (TPSA) is 35.5 Å². The van der Waals surface area contributed by atoms with Crippen LogP contribution in [0.15, 0.2) is 66.7 Å². The summed E-state index contributed by atoms with van der Waals surface area (Å²) in [6.45, 7) is 0.559. The van der Waals surface area contributed by atoms with Crippen molar-refractivity contribution in [3.05, 3.63) is 77.9 Å².